The van der Waals surface area contributed by atoms with Crippen LogP contribution in [0.3, 0.4) is 0 Å². The van der Waals surface area contributed by atoms with E-state index in [2.05, 4.69) is 10.1 Å². The van der Waals surface area contributed by atoms with Crippen LogP contribution in [0.1, 0.15) is 18.1 Å². The molecule has 2 aromatic rings. The summed E-state index contributed by atoms with van der Waals surface area (Å²) in [5, 5.41) is 2.92. The Morgan fingerprint density at radius 2 is 2.00 bits per heavy atom. The van der Waals surface area contributed by atoms with Crippen molar-refractivity contribution in [3.63, 3.8) is 0 Å². The third-order valence-corrected chi connectivity index (χ3v) is 4.12. The molecule has 18 heavy (non-hydrogen) atoms. The summed E-state index contributed by atoms with van der Waals surface area (Å²) in [7, 11) is -3.26. The molecular weight excluding hydrogens is 254 g/mol. The minimum atomic E-state index is -3.26. The summed E-state index contributed by atoms with van der Waals surface area (Å²) >= 11 is 0. The highest BCUT2D eigenvalue weighted by Gasteiger charge is 2.24. The van der Waals surface area contributed by atoms with Crippen LogP contribution < -0.4 is 5.73 Å². The summed E-state index contributed by atoms with van der Waals surface area (Å²) in [5.41, 5.74) is 6.91. The first-order valence-electron chi connectivity index (χ1n) is 5.27. The van der Waals surface area contributed by atoms with Crippen LogP contribution >= 0.6 is 0 Å². The zero-order valence-corrected chi connectivity index (χ0v) is 10.8. The van der Waals surface area contributed by atoms with Gasteiger partial charge in [-0.1, -0.05) is 17.3 Å². The van der Waals surface area contributed by atoms with Crippen LogP contribution in [-0.4, -0.2) is 24.8 Å². The molecule has 0 aliphatic carbocycles. The van der Waals surface area contributed by atoms with Crippen LogP contribution in [0, 0.1) is 0 Å². The number of hydrogen-bond acceptors (Lipinski definition) is 6. The molecule has 0 aliphatic rings. The van der Waals surface area contributed by atoms with Crippen molar-refractivity contribution in [3.8, 4) is 11.4 Å². The molecule has 0 saturated carbocycles. The lowest BCUT2D eigenvalue weighted by atomic mass is 10.2. The van der Waals surface area contributed by atoms with Crippen LogP contribution in [-0.2, 0) is 9.84 Å². The van der Waals surface area contributed by atoms with E-state index < -0.39 is 15.1 Å². The van der Waals surface area contributed by atoms with Crippen LogP contribution in [0.5, 0.6) is 0 Å². The first-order chi connectivity index (χ1) is 8.39. The van der Waals surface area contributed by atoms with Gasteiger partial charge in [-0.15, -0.1) is 0 Å². The van der Waals surface area contributed by atoms with Gasteiger partial charge >= 0.3 is 0 Å². The van der Waals surface area contributed by atoms with Crippen molar-refractivity contribution in [2.45, 2.75) is 12.2 Å². The number of nitrogens with two attached hydrogens (primary N) is 1. The topological polar surface area (TPSA) is 99.1 Å². The molecule has 0 saturated heterocycles. The Morgan fingerprint density at radius 1 is 1.33 bits per heavy atom. The fraction of sp³-hybridized carbons (Fsp3) is 0.273. The summed E-state index contributed by atoms with van der Waals surface area (Å²) in [6.07, 6.45) is 1.12. The van der Waals surface area contributed by atoms with Crippen molar-refractivity contribution in [3.05, 3.63) is 30.2 Å². The lowest BCUT2D eigenvalue weighted by Crippen LogP contribution is -2.07. The van der Waals surface area contributed by atoms with Gasteiger partial charge in [0.25, 0.3) is 0 Å². The van der Waals surface area contributed by atoms with Crippen molar-refractivity contribution >= 4 is 15.5 Å². The number of nitrogens with zero attached hydrogens (tertiary/aromatic N) is 2. The molecule has 2 rings (SSSR count). The fourth-order valence-electron chi connectivity index (χ4n) is 1.39. The smallest absolute Gasteiger partial charge is 0.244 e. The minimum absolute atomic E-state index is 0.0655. The number of nitrogen functional groups attached to an aromatic ring is 1. The highest BCUT2D eigenvalue weighted by Crippen LogP contribution is 2.25. The molecule has 0 bridgehead atoms. The minimum Gasteiger partial charge on any atom is -0.398 e. The number of hydrogen-bond donors (Lipinski definition) is 1. The first kappa shape index (κ1) is 12.6. The second-order valence-corrected chi connectivity index (χ2v) is 6.38. The van der Waals surface area contributed by atoms with Gasteiger partial charge in [-0.05, 0) is 19.1 Å². The van der Waals surface area contributed by atoms with Gasteiger partial charge in [0.1, 0.15) is 5.25 Å². The molecule has 1 atom stereocenters. The number of aromatic nitrogens is 2. The highest BCUT2D eigenvalue weighted by atomic mass is 32.2. The monoisotopic (exact) mass is 267 g/mol. The summed E-state index contributed by atoms with van der Waals surface area (Å²) in [4.78, 5) is 4.07. The Bertz CT molecular complexity index is 664. The maximum Gasteiger partial charge on any atom is 0.244 e. The van der Waals surface area contributed by atoms with E-state index in [9.17, 15) is 8.42 Å². The van der Waals surface area contributed by atoms with Gasteiger partial charge in [-0.3, -0.25) is 0 Å². The van der Waals surface area contributed by atoms with Gasteiger partial charge in [0.05, 0.1) is 0 Å². The largest absolute Gasteiger partial charge is 0.398 e. The molecule has 0 radical (unpaired) electrons. The molecule has 1 unspecified atom stereocenters. The van der Waals surface area contributed by atoms with E-state index in [0.717, 1.165) is 6.26 Å². The van der Waals surface area contributed by atoms with Crippen molar-refractivity contribution in [1.29, 1.82) is 0 Å². The van der Waals surface area contributed by atoms with Crippen LogP contribution in [0.25, 0.3) is 11.4 Å². The number of para-hydroxylation sites is 1. The van der Waals surface area contributed by atoms with Gasteiger partial charge in [0, 0.05) is 17.5 Å². The second-order valence-electron chi connectivity index (χ2n) is 4.02. The Hall–Kier alpha value is -1.89. The zero-order chi connectivity index (χ0) is 13.3. The molecule has 0 spiro atoms. The molecule has 6 nitrogen and oxygen atoms in total. The molecule has 0 aliphatic heterocycles. The highest BCUT2D eigenvalue weighted by molar-refractivity contribution is 7.90. The lowest BCUT2D eigenvalue weighted by Gasteiger charge is -2.01. The summed E-state index contributed by atoms with van der Waals surface area (Å²) < 4.78 is 27.8. The Kier molecular flexibility index (Phi) is 3.08. The van der Waals surface area contributed by atoms with E-state index in [0.29, 0.717) is 17.1 Å². The first-order valence-corrected chi connectivity index (χ1v) is 7.22. The predicted molar refractivity (Wildman–Crippen MR) is 67.4 cm³/mol. The predicted octanol–water partition coefficient (Wildman–Crippen LogP) is 1.42. The van der Waals surface area contributed by atoms with Crippen molar-refractivity contribution in [2.75, 3.05) is 12.0 Å². The molecule has 0 amide bonds. The SMILES string of the molecule is CC(c1nc(-c2ccccc2N)no1)S(C)(=O)=O. The molecule has 96 valence electrons. The van der Waals surface area contributed by atoms with E-state index in [1.54, 1.807) is 24.3 Å². The number of sulfone groups is 1. The molecular formula is C11H13N3O3S. The van der Waals surface area contributed by atoms with E-state index >= 15 is 0 Å². The Morgan fingerprint density at radius 3 is 2.61 bits per heavy atom. The number of anilines is 1. The molecule has 2 N–H and O–H groups in total. The molecule has 0 fully saturated rings. The van der Waals surface area contributed by atoms with E-state index in [4.69, 9.17) is 10.3 Å². The molecule has 7 heteroatoms. The quantitative estimate of drug-likeness (QED) is 0.844. The van der Waals surface area contributed by atoms with Crippen LogP contribution in [0.15, 0.2) is 28.8 Å². The van der Waals surface area contributed by atoms with Crippen molar-refractivity contribution in [2.24, 2.45) is 0 Å². The van der Waals surface area contributed by atoms with Crippen molar-refractivity contribution < 1.29 is 12.9 Å². The van der Waals surface area contributed by atoms with Gasteiger partial charge in [0.2, 0.25) is 11.7 Å². The second kappa shape index (κ2) is 4.41. The number of rotatable bonds is 3. The average Bonchev–Trinajstić information content (AvgIpc) is 2.76. The standard InChI is InChI=1S/C11H13N3O3S/c1-7(18(2,15)16)11-13-10(14-17-11)8-5-3-4-6-9(8)12/h3-7H,12H2,1-2H3. The van der Waals surface area contributed by atoms with E-state index in [-0.39, 0.29) is 5.89 Å². The normalized spacial score (nSPS) is 13.4. The molecule has 1 aromatic carbocycles. The van der Waals surface area contributed by atoms with Gasteiger partial charge in [-0.25, -0.2) is 8.42 Å². The Balaban J connectivity index is 2.41. The van der Waals surface area contributed by atoms with E-state index in [1.165, 1.54) is 6.92 Å². The third-order valence-electron chi connectivity index (χ3n) is 2.63. The van der Waals surface area contributed by atoms with Crippen molar-refractivity contribution in [1.82, 2.24) is 10.1 Å². The van der Waals surface area contributed by atoms with Crippen LogP contribution in [0.2, 0.25) is 0 Å². The average molecular weight is 267 g/mol. The third kappa shape index (κ3) is 2.35. The van der Waals surface area contributed by atoms with Gasteiger partial charge in [-0.2, -0.15) is 4.98 Å². The molecule has 1 aromatic heterocycles. The maximum absolute atomic E-state index is 11.4. The van der Waals surface area contributed by atoms with Gasteiger partial charge < -0.3 is 10.3 Å². The molecule has 1 heterocycles. The summed E-state index contributed by atoms with van der Waals surface area (Å²) in [6, 6.07) is 7.04. The maximum atomic E-state index is 11.4. The lowest BCUT2D eigenvalue weighted by molar-refractivity contribution is 0.377. The van der Waals surface area contributed by atoms with E-state index in [1.807, 2.05) is 0 Å². The van der Waals surface area contributed by atoms with Gasteiger partial charge in [0.15, 0.2) is 9.84 Å². The fourth-order valence-corrected chi connectivity index (χ4v) is 1.86. The summed E-state index contributed by atoms with van der Waals surface area (Å²) in [6.45, 7) is 1.50. The Labute approximate surface area is 105 Å². The zero-order valence-electron chi connectivity index (χ0n) is 9.99. The summed E-state index contributed by atoms with van der Waals surface area (Å²) in [5.74, 6) is 0.356. The van der Waals surface area contributed by atoms with Crippen LogP contribution in [0.4, 0.5) is 5.69 Å². The number of benzene rings is 1.